The maximum absolute atomic E-state index is 13.3. The van der Waals surface area contributed by atoms with Crippen LogP contribution in [0.2, 0.25) is 0 Å². The van der Waals surface area contributed by atoms with E-state index in [1.54, 1.807) is 7.11 Å². The molecule has 3 rings (SSSR count). The molecule has 0 saturated carbocycles. The summed E-state index contributed by atoms with van der Waals surface area (Å²) in [5.41, 5.74) is 0.963. The Bertz CT molecular complexity index is 800. The number of benzene rings is 1. The van der Waals surface area contributed by atoms with Crippen molar-refractivity contribution in [1.82, 2.24) is 15.1 Å². The zero-order chi connectivity index (χ0) is 23.3. The molecule has 7 nitrogen and oxygen atoms in total. The number of methoxy groups -OCH3 is 1. The van der Waals surface area contributed by atoms with E-state index in [0.29, 0.717) is 19.6 Å². The molecule has 2 atom stereocenters. The van der Waals surface area contributed by atoms with Crippen molar-refractivity contribution in [3.05, 3.63) is 29.8 Å². The van der Waals surface area contributed by atoms with E-state index in [9.17, 15) is 14.4 Å². The van der Waals surface area contributed by atoms with Gasteiger partial charge < -0.3 is 19.9 Å². The summed E-state index contributed by atoms with van der Waals surface area (Å²) < 4.78 is 5.27. The number of piperidine rings is 1. The lowest BCUT2D eigenvalue weighted by atomic mass is 9.91. The number of hydrogen-bond acceptors (Lipinski definition) is 4. The largest absolute Gasteiger partial charge is 0.497 e. The summed E-state index contributed by atoms with van der Waals surface area (Å²) in [4.78, 5) is 42.2. The van der Waals surface area contributed by atoms with Gasteiger partial charge in [-0.05, 0) is 37.0 Å². The van der Waals surface area contributed by atoms with Gasteiger partial charge in [-0.2, -0.15) is 0 Å². The minimum Gasteiger partial charge on any atom is -0.497 e. The van der Waals surface area contributed by atoms with Crippen molar-refractivity contribution < 1.29 is 19.1 Å². The van der Waals surface area contributed by atoms with Crippen LogP contribution in [-0.2, 0) is 14.4 Å². The Morgan fingerprint density at radius 2 is 1.81 bits per heavy atom. The third-order valence-electron chi connectivity index (χ3n) is 6.63. The van der Waals surface area contributed by atoms with E-state index in [0.717, 1.165) is 37.0 Å². The smallest absolute Gasteiger partial charge is 0.226 e. The van der Waals surface area contributed by atoms with Crippen molar-refractivity contribution in [2.45, 2.75) is 65.0 Å². The van der Waals surface area contributed by atoms with Crippen molar-refractivity contribution in [2.24, 2.45) is 11.8 Å². The number of hydrogen-bond donors (Lipinski definition) is 1. The standard InChI is InChI=1S/C25H37N3O4/c1-5-6-13-28-22(29)16-21(23(28)18-7-9-20(32-4)10-8-18)24(30)26-19-11-14-27(15-12-19)25(31)17(2)3/h7-10,17,19,21,23H,5-6,11-16H2,1-4H3,(H,26,30). The zero-order valence-corrected chi connectivity index (χ0v) is 19.8. The highest BCUT2D eigenvalue weighted by atomic mass is 16.5. The summed E-state index contributed by atoms with van der Waals surface area (Å²) in [5, 5.41) is 3.19. The first-order chi connectivity index (χ1) is 15.3. The Balaban J connectivity index is 1.70. The highest BCUT2D eigenvalue weighted by Gasteiger charge is 2.44. The van der Waals surface area contributed by atoms with Gasteiger partial charge in [0.1, 0.15) is 5.75 Å². The normalized spacial score (nSPS) is 21.8. The minimum atomic E-state index is -0.414. The third-order valence-corrected chi connectivity index (χ3v) is 6.63. The second-order valence-corrected chi connectivity index (χ2v) is 9.23. The summed E-state index contributed by atoms with van der Waals surface area (Å²) in [6.45, 7) is 7.91. The van der Waals surface area contributed by atoms with Crippen LogP contribution in [0.25, 0.3) is 0 Å². The summed E-state index contributed by atoms with van der Waals surface area (Å²) in [6.07, 6.45) is 3.63. The van der Waals surface area contributed by atoms with E-state index >= 15 is 0 Å². The van der Waals surface area contributed by atoms with E-state index in [2.05, 4.69) is 12.2 Å². The quantitative estimate of drug-likeness (QED) is 0.669. The topological polar surface area (TPSA) is 79.0 Å². The molecule has 1 aromatic rings. The predicted octanol–water partition coefficient (Wildman–Crippen LogP) is 3.15. The van der Waals surface area contributed by atoms with Gasteiger partial charge >= 0.3 is 0 Å². The fraction of sp³-hybridized carbons (Fsp3) is 0.640. The van der Waals surface area contributed by atoms with Gasteiger partial charge in [0.2, 0.25) is 17.7 Å². The van der Waals surface area contributed by atoms with E-state index in [1.165, 1.54) is 0 Å². The van der Waals surface area contributed by atoms with Crippen LogP contribution < -0.4 is 10.1 Å². The van der Waals surface area contributed by atoms with Crippen molar-refractivity contribution in [1.29, 1.82) is 0 Å². The molecule has 2 unspecified atom stereocenters. The summed E-state index contributed by atoms with van der Waals surface area (Å²) >= 11 is 0. The maximum atomic E-state index is 13.3. The Morgan fingerprint density at radius 3 is 2.38 bits per heavy atom. The first-order valence-corrected chi connectivity index (χ1v) is 11.9. The molecule has 1 N–H and O–H groups in total. The molecule has 3 amide bonds. The van der Waals surface area contributed by atoms with Gasteiger partial charge in [0, 0.05) is 38.0 Å². The maximum Gasteiger partial charge on any atom is 0.226 e. The van der Waals surface area contributed by atoms with Crippen LogP contribution in [0, 0.1) is 11.8 Å². The van der Waals surface area contributed by atoms with Gasteiger partial charge in [0.15, 0.2) is 0 Å². The van der Waals surface area contributed by atoms with Gasteiger partial charge in [0.05, 0.1) is 19.1 Å². The van der Waals surface area contributed by atoms with Gasteiger partial charge in [-0.1, -0.05) is 39.3 Å². The molecule has 32 heavy (non-hydrogen) atoms. The van der Waals surface area contributed by atoms with Gasteiger partial charge in [0.25, 0.3) is 0 Å². The number of nitrogens with one attached hydrogen (secondary N) is 1. The lowest BCUT2D eigenvalue weighted by Gasteiger charge is -2.34. The number of ether oxygens (including phenoxy) is 1. The molecular formula is C25H37N3O4. The number of unbranched alkanes of at least 4 members (excludes halogenated alkanes) is 1. The Labute approximate surface area is 191 Å². The number of amides is 3. The third kappa shape index (κ3) is 5.43. The van der Waals surface area contributed by atoms with Crippen LogP contribution in [-0.4, -0.2) is 60.3 Å². The summed E-state index contributed by atoms with van der Waals surface area (Å²) in [6, 6.07) is 7.45. The highest BCUT2D eigenvalue weighted by molar-refractivity contribution is 5.90. The monoisotopic (exact) mass is 443 g/mol. The fourth-order valence-corrected chi connectivity index (χ4v) is 4.75. The molecule has 0 radical (unpaired) electrons. The van der Waals surface area contributed by atoms with E-state index in [-0.39, 0.29) is 42.1 Å². The number of carbonyl (C=O) groups is 3. The molecule has 0 aromatic heterocycles. The number of likely N-dealkylation sites (tertiary alicyclic amines) is 2. The lowest BCUT2D eigenvalue weighted by Crippen LogP contribution is -2.49. The first kappa shape index (κ1) is 24.1. The van der Waals surface area contributed by atoms with Crippen LogP contribution in [0.15, 0.2) is 24.3 Å². The molecule has 2 aliphatic rings. The second-order valence-electron chi connectivity index (χ2n) is 9.23. The lowest BCUT2D eigenvalue weighted by molar-refractivity contribution is -0.135. The first-order valence-electron chi connectivity index (χ1n) is 11.9. The average Bonchev–Trinajstić information content (AvgIpc) is 3.13. The van der Waals surface area contributed by atoms with Crippen molar-refractivity contribution in [3.8, 4) is 5.75 Å². The number of rotatable bonds is 8. The molecule has 2 heterocycles. The SMILES string of the molecule is CCCCN1C(=O)CC(C(=O)NC2CCN(C(=O)C(C)C)CC2)C1c1ccc(OC)cc1. The van der Waals surface area contributed by atoms with Crippen LogP contribution in [0.5, 0.6) is 5.75 Å². The molecule has 1 aromatic carbocycles. The molecule has 2 aliphatic heterocycles. The minimum absolute atomic E-state index is 0.00926. The second kappa shape index (κ2) is 10.8. The highest BCUT2D eigenvalue weighted by Crippen LogP contribution is 2.39. The molecule has 2 fully saturated rings. The predicted molar refractivity (Wildman–Crippen MR) is 123 cm³/mol. The van der Waals surface area contributed by atoms with E-state index < -0.39 is 5.92 Å². The number of carbonyl (C=O) groups excluding carboxylic acids is 3. The molecule has 2 saturated heterocycles. The molecule has 176 valence electrons. The summed E-state index contributed by atoms with van der Waals surface area (Å²) in [7, 11) is 1.62. The molecule has 0 aliphatic carbocycles. The molecule has 0 spiro atoms. The molecular weight excluding hydrogens is 406 g/mol. The Morgan fingerprint density at radius 1 is 1.16 bits per heavy atom. The van der Waals surface area contributed by atoms with Crippen LogP contribution in [0.1, 0.15) is 64.5 Å². The molecule has 7 heteroatoms. The van der Waals surface area contributed by atoms with Gasteiger partial charge in [-0.25, -0.2) is 0 Å². The number of nitrogens with zero attached hydrogens (tertiary/aromatic N) is 2. The van der Waals surface area contributed by atoms with Gasteiger partial charge in [-0.3, -0.25) is 14.4 Å². The van der Waals surface area contributed by atoms with Crippen molar-refractivity contribution in [2.75, 3.05) is 26.7 Å². The summed E-state index contributed by atoms with van der Waals surface area (Å²) in [5.74, 6) is 0.473. The molecule has 0 bridgehead atoms. The zero-order valence-electron chi connectivity index (χ0n) is 19.8. The van der Waals surface area contributed by atoms with Crippen LogP contribution in [0.4, 0.5) is 0 Å². The van der Waals surface area contributed by atoms with Crippen LogP contribution in [0.3, 0.4) is 0 Å². The van der Waals surface area contributed by atoms with Crippen molar-refractivity contribution in [3.63, 3.8) is 0 Å². The van der Waals surface area contributed by atoms with Crippen molar-refractivity contribution >= 4 is 17.7 Å². The van der Waals surface area contributed by atoms with Crippen LogP contribution >= 0.6 is 0 Å². The Kier molecular flexibility index (Phi) is 8.15. The van der Waals surface area contributed by atoms with Gasteiger partial charge in [-0.15, -0.1) is 0 Å². The fourth-order valence-electron chi connectivity index (χ4n) is 4.75. The van der Waals surface area contributed by atoms with E-state index in [1.807, 2.05) is 47.9 Å². The Hall–Kier alpha value is -2.57. The van der Waals surface area contributed by atoms with E-state index in [4.69, 9.17) is 4.74 Å². The average molecular weight is 444 g/mol.